The maximum Gasteiger partial charge on any atom is 0.412 e. The van der Waals surface area contributed by atoms with Crippen LogP contribution in [0.2, 0.25) is 0 Å². The molecule has 7 heteroatoms. The fourth-order valence-electron chi connectivity index (χ4n) is 1.28. The molecule has 2 aromatic rings. The number of ether oxygens (including phenoxy) is 1. The molecule has 0 fully saturated rings. The first-order valence-corrected chi connectivity index (χ1v) is 5.37. The van der Waals surface area contributed by atoms with Crippen molar-refractivity contribution in [2.45, 2.75) is 6.54 Å². The van der Waals surface area contributed by atoms with Gasteiger partial charge in [0.05, 0.1) is 18.4 Å². The van der Waals surface area contributed by atoms with E-state index < -0.39 is 6.09 Å². The van der Waals surface area contributed by atoms with Crippen molar-refractivity contribution in [1.82, 2.24) is 14.8 Å². The van der Waals surface area contributed by atoms with Crippen LogP contribution in [0.3, 0.4) is 0 Å². The summed E-state index contributed by atoms with van der Waals surface area (Å²) in [6.45, 7) is 0.748. The highest BCUT2D eigenvalue weighted by Gasteiger charge is 2.03. The Balaban J connectivity index is 1.73. The molecular weight excluding hydrogens is 234 g/mol. The van der Waals surface area contributed by atoms with E-state index in [1.807, 2.05) is 0 Å². The molecule has 7 nitrogen and oxygen atoms in total. The monoisotopic (exact) mass is 247 g/mol. The molecule has 2 rings (SSSR count). The molecule has 94 valence electrons. The number of anilines is 2. The highest BCUT2D eigenvalue weighted by molar-refractivity contribution is 5.83. The minimum Gasteiger partial charge on any atom is -0.447 e. The van der Waals surface area contributed by atoms with Gasteiger partial charge in [0, 0.05) is 12.4 Å². The predicted molar refractivity (Wildman–Crippen MR) is 65.8 cm³/mol. The first kappa shape index (κ1) is 11.9. The summed E-state index contributed by atoms with van der Waals surface area (Å²) in [4.78, 5) is 15.3. The molecule has 0 aromatic carbocycles. The standard InChI is InChI=1S/C11H13N5O2/c12-9-2-3-10(13-8-9)15-11(17)18-7-6-16-5-1-4-14-16/h1-5,8H,6-7,12H2,(H,13,15,17). The number of carbonyl (C=O) groups is 1. The highest BCUT2D eigenvalue weighted by atomic mass is 16.5. The fraction of sp³-hybridized carbons (Fsp3) is 0.182. The van der Waals surface area contributed by atoms with Crippen LogP contribution in [-0.2, 0) is 11.3 Å². The Hall–Kier alpha value is -2.57. The number of nitrogen functional groups attached to an aromatic ring is 1. The average Bonchev–Trinajstić information content (AvgIpc) is 2.85. The lowest BCUT2D eigenvalue weighted by Crippen LogP contribution is -2.17. The summed E-state index contributed by atoms with van der Waals surface area (Å²) >= 11 is 0. The normalized spacial score (nSPS) is 10.0. The van der Waals surface area contributed by atoms with Crippen LogP contribution in [0.5, 0.6) is 0 Å². The van der Waals surface area contributed by atoms with Crippen molar-refractivity contribution in [3.63, 3.8) is 0 Å². The van der Waals surface area contributed by atoms with Crippen LogP contribution >= 0.6 is 0 Å². The van der Waals surface area contributed by atoms with Gasteiger partial charge in [0.15, 0.2) is 0 Å². The van der Waals surface area contributed by atoms with Crippen molar-refractivity contribution in [3.05, 3.63) is 36.8 Å². The third-order valence-corrected chi connectivity index (χ3v) is 2.13. The second kappa shape index (κ2) is 5.67. The summed E-state index contributed by atoms with van der Waals surface area (Å²) in [6.07, 6.45) is 4.36. The molecule has 3 N–H and O–H groups in total. The molecule has 0 saturated carbocycles. The van der Waals surface area contributed by atoms with Crippen molar-refractivity contribution >= 4 is 17.6 Å². The van der Waals surface area contributed by atoms with Crippen LogP contribution < -0.4 is 11.1 Å². The highest BCUT2D eigenvalue weighted by Crippen LogP contribution is 2.05. The number of amides is 1. The number of nitrogens with zero attached hydrogens (tertiary/aromatic N) is 3. The van der Waals surface area contributed by atoms with Crippen molar-refractivity contribution in [2.24, 2.45) is 0 Å². The zero-order valence-corrected chi connectivity index (χ0v) is 9.61. The molecule has 0 atom stereocenters. The summed E-state index contributed by atoms with van der Waals surface area (Å²) in [5.74, 6) is 0.397. The second-order valence-electron chi connectivity index (χ2n) is 3.51. The van der Waals surface area contributed by atoms with Gasteiger partial charge in [0.25, 0.3) is 0 Å². The van der Waals surface area contributed by atoms with Gasteiger partial charge in [-0.3, -0.25) is 10.00 Å². The number of aromatic nitrogens is 3. The van der Waals surface area contributed by atoms with Gasteiger partial charge in [-0.1, -0.05) is 0 Å². The van der Waals surface area contributed by atoms with E-state index in [0.717, 1.165) is 0 Å². The van der Waals surface area contributed by atoms with Crippen LogP contribution in [0.25, 0.3) is 0 Å². The van der Waals surface area contributed by atoms with E-state index in [-0.39, 0.29) is 6.61 Å². The second-order valence-corrected chi connectivity index (χ2v) is 3.51. The molecule has 0 aliphatic carbocycles. The first-order chi connectivity index (χ1) is 8.74. The Morgan fingerprint density at radius 1 is 1.50 bits per heavy atom. The zero-order chi connectivity index (χ0) is 12.8. The molecule has 0 spiro atoms. The lowest BCUT2D eigenvalue weighted by molar-refractivity contribution is 0.155. The van der Waals surface area contributed by atoms with E-state index in [9.17, 15) is 4.79 Å². The van der Waals surface area contributed by atoms with Gasteiger partial charge in [-0.15, -0.1) is 0 Å². The number of nitrogens with two attached hydrogens (primary N) is 1. The Bertz CT molecular complexity index is 495. The summed E-state index contributed by atoms with van der Waals surface area (Å²) in [7, 11) is 0. The van der Waals surface area contributed by atoms with Crippen LogP contribution in [-0.4, -0.2) is 27.5 Å². The van der Waals surface area contributed by atoms with Crippen LogP contribution in [0.15, 0.2) is 36.8 Å². The summed E-state index contributed by atoms with van der Waals surface area (Å²) in [6, 6.07) is 5.05. The van der Waals surface area contributed by atoms with Crippen LogP contribution in [0.4, 0.5) is 16.3 Å². The van der Waals surface area contributed by atoms with Gasteiger partial charge in [0.2, 0.25) is 0 Å². The Morgan fingerprint density at radius 3 is 3.06 bits per heavy atom. The number of rotatable bonds is 4. The minimum absolute atomic E-state index is 0.239. The zero-order valence-electron chi connectivity index (χ0n) is 9.61. The Morgan fingerprint density at radius 2 is 2.39 bits per heavy atom. The van der Waals surface area contributed by atoms with E-state index in [1.54, 1.807) is 35.3 Å². The molecular formula is C11H13N5O2. The van der Waals surface area contributed by atoms with Gasteiger partial charge in [-0.2, -0.15) is 5.10 Å². The molecule has 0 radical (unpaired) electrons. The molecule has 2 heterocycles. The van der Waals surface area contributed by atoms with E-state index >= 15 is 0 Å². The average molecular weight is 247 g/mol. The van der Waals surface area contributed by atoms with E-state index in [1.165, 1.54) is 6.20 Å². The van der Waals surface area contributed by atoms with E-state index in [2.05, 4.69) is 15.4 Å². The smallest absolute Gasteiger partial charge is 0.412 e. The van der Waals surface area contributed by atoms with Crippen molar-refractivity contribution in [3.8, 4) is 0 Å². The van der Waals surface area contributed by atoms with Crippen LogP contribution in [0, 0.1) is 0 Å². The van der Waals surface area contributed by atoms with E-state index in [0.29, 0.717) is 18.1 Å². The summed E-state index contributed by atoms with van der Waals surface area (Å²) in [5.41, 5.74) is 6.01. The molecule has 18 heavy (non-hydrogen) atoms. The quantitative estimate of drug-likeness (QED) is 0.843. The van der Waals surface area contributed by atoms with Gasteiger partial charge in [-0.25, -0.2) is 9.78 Å². The third-order valence-electron chi connectivity index (χ3n) is 2.13. The lowest BCUT2D eigenvalue weighted by Gasteiger charge is -2.06. The van der Waals surface area contributed by atoms with Crippen LogP contribution in [0.1, 0.15) is 0 Å². The molecule has 0 bridgehead atoms. The fourth-order valence-corrected chi connectivity index (χ4v) is 1.28. The number of nitrogens with one attached hydrogen (secondary N) is 1. The number of carbonyl (C=O) groups excluding carboxylic acids is 1. The molecule has 1 amide bonds. The summed E-state index contributed by atoms with van der Waals surface area (Å²) < 4.78 is 6.64. The van der Waals surface area contributed by atoms with Gasteiger partial charge >= 0.3 is 6.09 Å². The molecule has 2 aromatic heterocycles. The van der Waals surface area contributed by atoms with Gasteiger partial charge in [0.1, 0.15) is 12.4 Å². The Labute approximate surface area is 104 Å². The predicted octanol–water partition coefficient (Wildman–Crippen LogP) is 1.11. The summed E-state index contributed by atoms with van der Waals surface area (Å²) in [5, 5.41) is 6.48. The SMILES string of the molecule is Nc1ccc(NC(=O)OCCn2cccn2)nc1. The Kier molecular flexibility index (Phi) is 3.75. The number of hydrogen-bond acceptors (Lipinski definition) is 5. The topological polar surface area (TPSA) is 95.1 Å². The largest absolute Gasteiger partial charge is 0.447 e. The molecule has 0 aliphatic heterocycles. The first-order valence-electron chi connectivity index (χ1n) is 5.37. The minimum atomic E-state index is -0.556. The van der Waals surface area contributed by atoms with Crippen molar-refractivity contribution in [2.75, 3.05) is 17.7 Å². The number of pyridine rings is 1. The van der Waals surface area contributed by atoms with E-state index in [4.69, 9.17) is 10.5 Å². The molecule has 0 saturated heterocycles. The molecule has 0 unspecified atom stereocenters. The van der Waals surface area contributed by atoms with Gasteiger partial charge < -0.3 is 10.5 Å². The third kappa shape index (κ3) is 3.48. The lowest BCUT2D eigenvalue weighted by atomic mass is 10.4. The molecule has 0 aliphatic rings. The maximum absolute atomic E-state index is 11.4. The maximum atomic E-state index is 11.4. The van der Waals surface area contributed by atoms with Gasteiger partial charge in [-0.05, 0) is 18.2 Å². The van der Waals surface area contributed by atoms with Crippen molar-refractivity contribution < 1.29 is 9.53 Å². The number of hydrogen-bond donors (Lipinski definition) is 2. The van der Waals surface area contributed by atoms with Crippen molar-refractivity contribution in [1.29, 1.82) is 0 Å².